The Labute approximate surface area is 412 Å². The van der Waals surface area contributed by atoms with Crippen molar-refractivity contribution in [2.75, 3.05) is 63.3 Å². The van der Waals surface area contributed by atoms with Crippen LogP contribution in [0.15, 0.2) is 97.1 Å². The third-order valence-electron chi connectivity index (χ3n) is 12.7. The lowest BCUT2D eigenvalue weighted by atomic mass is 9.90. The molecule has 0 aliphatic carbocycles. The van der Waals surface area contributed by atoms with E-state index < -0.39 is 0 Å². The van der Waals surface area contributed by atoms with E-state index in [4.69, 9.17) is 34.8 Å². The first-order valence-electron chi connectivity index (χ1n) is 23.0. The number of hydrogen-bond acceptors (Lipinski definition) is 7. The van der Waals surface area contributed by atoms with Crippen LogP contribution in [0, 0.1) is 11.6 Å². The lowest BCUT2D eigenvalue weighted by Gasteiger charge is -2.50. The minimum Gasteiger partial charge on any atom is -0.331 e. The van der Waals surface area contributed by atoms with Crippen molar-refractivity contribution in [1.82, 2.24) is 24.5 Å². The number of carbonyl (C=O) groups excluding carboxylic acids is 4. The van der Waals surface area contributed by atoms with E-state index in [0.29, 0.717) is 27.0 Å². The molecule has 4 unspecified atom stereocenters. The Hall–Kier alpha value is -5.15. The minimum atomic E-state index is -0.341. The number of hydrogen-bond donors (Lipinski definition) is 2. The molecule has 4 amide bonds. The Morgan fingerprint density at radius 2 is 0.985 bits per heavy atom. The summed E-state index contributed by atoms with van der Waals surface area (Å²) in [5, 5.41) is 6.60. The molecule has 8 rings (SSSR count). The summed E-state index contributed by atoms with van der Waals surface area (Å²) in [7, 11) is 3.65. The Kier molecular flexibility index (Phi) is 17.8. The lowest BCUT2D eigenvalue weighted by molar-refractivity contribution is -0.138. The minimum absolute atomic E-state index is 0.0124. The first-order chi connectivity index (χ1) is 32.7. The maximum absolute atomic E-state index is 13.3. The average molecular weight is 989 g/mol. The molecule has 4 atom stereocenters. The number of likely N-dealkylation sites (tertiary alicyclic amines) is 2. The van der Waals surface area contributed by atoms with Gasteiger partial charge in [0.2, 0.25) is 23.6 Å². The zero-order chi connectivity index (χ0) is 48.3. The molecule has 4 heterocycles. The summed E-state index contributed by atoms with van der Waals surface area (Å²) in [6.45, 7) is 4.96. The molecular weight excluding hydrogens is 931 g/mol. The van der Waals surface area contributed by atoms with E-state index in [2.05, 4.69) is 20.4 Å². The highest BCUT2D eigenvalue weighted by molar-refractivity contribution is 6.32. The normalized spacial score (nSPS) is 20.6. The fourth-order valence-electron chi connectivity index (χ4n) is 9.78. The van der Waals surface area contributed by atoms with Gasteiger partial charge in [0.1, 0.15) is 17.5 Å². The fourth-order valence-corrected chi connectivity index (χ4v) is 10.2. The van der Waals surface area contributed by atoms with Crippen LogP contribution in [-0.4, -0.2) is 125 Å². The molecule has 4 bridgehead atoms. The number of anilines is 2. The predicted molar refractivity (Wildman–Crippen MR) is 267 cm³/mol. The molecular formula is C52H58Cl3F2N7O4. The second kappa shape index (κ2) is 23.9. The van der Waals surface area contributed by atoms with Crippen LogP contribution in [0.25, 0.3) is 12.2 Å². The van der Waals surface area contributed by atoms with Crippen molar-refractivity contribution in [3.05, 3.63) is 141 Å². The van der Waals surface area contributed by atoms with Gasteiger partial charge in [-0.05, 0) is 136 Å². The molecule has 0 radical (unpaired) electrons. The molecule has 4 aliphatic rings. The molecule has 0 saturated carbocycles. The summed E-state index contributed by atoms with van der Waals surface area (Å²) in [6, 6.07) is 24.2. The molecule has 4 saturated heterocycles. The van der Waals surface area contributed by atoms with Crippen LogP contribution in [0.4, 0.5) is 20.2 Å². The van der Waals surface area contributed by atoms with Gasteiger partial charge in [0.05, 0.1) is 6.54 Å². The van der Waals surface area contributed by atoms with Crippen LogP contribution < -0.4 is 10.6 Å². The van der Waals surface area contributed by atoms with Gasteiger partial charge in [0.15, 0.2) is 0 Å². The van der Waals surface area contributed by atoms with Gasteiger partial charge in [-0.1, -0.05) is 59.6 Å². The number of rotatable bonds is 13. The predicted octanol–water partition coefficient (Wildman–Crippen LogP) is 9.19. The number of benzene rings is 4. The summed E-state index contributed by atoms with van der Waals surface area (Å²) >= 11 is 17.8. The fraction of sp³-hybridized carbons (Fsp3) is 0.385. The number of nitrogens with one attached hydrogen (secondary N) is 2. The van der Waals surface area contributed by atoms with Gasteiger partial charge in [0.25, 0.3) is 0 Å². The number of amides is 4. The van der Waals surface area contributed by atoms with E-state index in [-0.39, 0.29) is 71.9 Å². The van der Waals surface area contributed by atoms with Crippen molar-refractivity contribution >= 4 is 82.0 Å². The summed E-state index contributed by atoms with van der Waals surface area (Å²) in [6.07, 6.45) is 12.7. The second-order valence-corrected chi connectivity index (χ2v) is 19.3. The van der Waals surface area contributed by atoms with E-state index in [1.807, 2.05) is 48.2 Å². The molecule has 2 N–H and O–H groups in total. The first kappa shape index (κ1) is 50.7. The van der Waals surface area contributed by atoms with Crippen LogP contribution in [0.5, 0.6) is 0 Å². The van der Waals surface area contributed by atoms with Crippen molar-refractivity contribution in [3.8, 4) is 0 Å². The van der Waals surface area contributed by atoms with Gasteiger partial charge in [-0.25, -0.2) is 8.78 Å². The van der Waals surface area contributed by atoms with Gasteiger partial charge in [-0.15, -0.1) is 11.6 Å². The summed E-state index contributed by atoms with van der Waals surface area (Å²) in [4.78, 5) is 61.0. The highest BCUT2D eigenvalue weighted by Crippen LogP contribution is 2.32. The summed E-state index contributed by atoms with van der Waals surface area (Å²) < 4.78 is 26.5. The van der Waals surface area contributed by atoms with Crippen molar-refractivity contribution in [1.29, 1.82) is 0 Å². The van der Waals surface area contributed by atoms with Crippen molar-refractivity contribution in [3.63, 3.8) is 0 Å². The monoisotopic (exact) mass is 987 g/mol. The van der Waals surface area contributed by atoms with Crippen molar-refractivity contribution in [2.45, 2.75) is 75.8 Å². The van der Waals surface area contributed by atoms with Gasteiger partial charge >= 0.3 is 0 Å². The maximum Gasteiger partial charge on any atom is 0.247 e. The van der Waals surface area contributed by atoms with Crippen molar-refractivity contribution in [2.24, 2.45) is 0 Å². The van der Waals surface area contributed by atoms with Crippen LogP contribution in [0.2, 0.25) is 10.0 Å². The Morgan fingerprint density at radius 1 is 0.603 bits per heavy atom. The number of piperidine rings is 2. The number of nitrogens with zero attached hydrogens (tertiary/aromatic N) is 5. The average Bonchev–Trinajstić information content (AvgIpc) is 3.29. The highest BCUT2D eigenvalue weighted by atomic mass is 35.5. The van der Waals surface area contributed by atoms with Gasteiger partial charge < -0.3 is 25.3 Å². The van der Waals surface area contributed by atoms with E-state index in [9.17, 15) is 28.0 Å². The van der Waals surface area contributed by atoms with Gasteiger partial charge in [0, 0.05) is 97.0 Å². The summed E-state index contributed by atoms with van der Waals surface area (Å²) in [5.74, 6) is -1.16. The quantitative estimate of drug-likeness (QED) is 0.102. The molecule has 4 aliphatic heterocycles. The smallest absolute Gasteiger partial charge is 0.247 e. The molecule has 4 aromatic rings. The second-order valence-electron chi connectivity index (χ2n) is 18.2. The largest absolute Gasteiger partial charge is 0.331 e. The zero-order valence-electron chi connectivity index (χ0n) is 38.4. The molecule has 0 spiro atoms. The number of alkyl halides is 1. The van der Waals surface area contributed by atoms with Crippen molar-refractivity contribution < 1.29 is 28.0 Å². The van der Waals surface area contributed by atoms with E-state index in [1.165, 1.54) is 24.3 Å². The SMILES string of the molecule is CN(C)CC(=O)Nc1cc(Cl)ccc1/C=C/C(=O)N1C2CCCC1CN(Cc1ccc(F)cc1)C2.O=C(CCl)Nc1cc(Cl)ccc1/C=C/C(=O)N1C2CCCC1CN(Cc1ccc(F)cc1)C2. The first-order valence-corrected chi connectivity index (χ1v) is 24.3. The molecule has 68 heavy (non-hydrogen) atoms. The summed E-state index contributed by atoms with van der Waals surface area (Å²) in [5.41, 5.74) is 4.67. The Bertz CT molecular complexity index is 2450. The molecule has 0 aromatic heterocycles. The topological polar surface area (TPSA) is 109 Å². The number of carbonyl (C=O) groups is 4. The number of likely N-dealkylation sites (N-methyl/N-ethyl adjacent to an activating group) is 1. The number of halogens is 5. The van der Waals surface area contributed by atoms with Gasteiger partial charge in [-0.3, -0.25) is 29.0 Å². The molecule has 4 aromatic carbocycles. The lowest BCUT2D eigenvalue weighted by Crippen LogP contribution is -2.61. The molecule has 360 valence electrons. The highest BCUT2D eigenvalue weighted by Gasteiger charge is 2.40. The third-order valence-corrected chi connectivity index (χ3v) is 13.4. The number of piperazine rings is 2. The Morgan fingerprint density at radius 3 is 1.35 bits per heavy atom. The molecule has 4 fully saturated rings. The molecule has 16 heteroatoms. The van der Waals surface area contributed by atoms with E-state index >= 15 is 0 Å². The van der Waals surface area contributed by atoms with Crippen LogP contribution in [0.1, 0.15) is 60.8 Å². The molecule has 11 nitrogen and oxygen atoms in total. The van der Waals surface area contributed by atoms with E-state index in [0.717, 1.165) is 94.5 Å². The van der Waals surface area contributed by atoms with Crippen LogP contribution in [0.3, 0.4) is 0 Å². The zero-order valence-corrected chi connectivity index (χ0v) is 40.6. The standard InChI is InChI=1S/C27H32ClFN4O2.C25H26Cl2FN3O2/c1-31(2)18-26(34)30-25-14-21(28)10-8-20(25)9-13-27(35)33-23-4-3-5-24(33)17-32(16-23)15-19-6-11-22(29)12-7-19;26-13-24(32)29-23-12-19(27)8-6-18(23)7-11-25(33)31-21-2-1-3-22(31)16-30(15-21)14-17-4-9-20(28)10-5-17/h6-14,23-24H,3-5,15-18H2,1-2H3,(H,30,34);4-12,21-22H,1-3,13-16H2,(H,29,32)/b13-9+;11-7+. The third kappa shape index (κ3) is 14.0. The Balaban J connectivity index is 0.000000202. The maximum atomic E-state index is 13.3. The number of fused-ring (bicyclic) bond motifs is 4. The van der Waals surface area contributed by atoms with Crippen LogP contribution >= 0.6 is 34.8 Å². The van der Waals surface area contributed by atoms with Crippen LogP contribution in [-0.2, 0) is 32.3 Å². The van der Waals surface area contributed by atoms with E-state index in [1.54, 1.807) is 65.6 Å². The van der Waals surface area contributed by atoms with Gasteiger partial charge in [-0.2, -0.15) is 0 Å².